The number of aromatic nitrogens is 1. The van der Waals surface area contributed by atoms with Gasteiger partial charge in [0.2, 0.25) is 0 Å². The van der Waals surface area contributed by atoms with Gasteiger partial charge in [0.15, 0.2) is 0 Å². The van der Waals surface area contributed by atoms with Gasteiger partial charge in [0, 0.05) is 22.7 Å². The van der Waals surface area contributed by atoms with E-state index in [1.54, 1.807) is 25.3 Å². The van der Waals surface area contributed by atoms with Crippen LogP contribution in [0.5, 0.6) is 0 Å². The van der Waals surface area contributed by atoms with Crippen LogP contribution in [0, 0.1) is 11.6 Å². The zero-order chi connectivity index (χ0) is 13.1. The van der Waals surface area contributed by atoms with Gasteiger partial charge in [-0.2, -0.15) is 0 Å². The molecule has 5 heteroatoms. The lowest BCUT2D eigenvalue weighted by Gasteiger charge is -2.10. The van der Waals surface area contributed by atoms with Gasteiger partial charge in [-0.3, -0.25) is 0 Å². The fourth-order valence-electron chi connectivity index (χ4n) is 1.47. The van der Waals surface area contributed by atoms with Gasteiger partial charge in [0.25, 0.3) is 0 Å². The topological polar surface area (TPSA) is 33.1 Å². The molecule has 2 aromatic rings. The van der Waals surface area contributed by atoms with Gasteiger partial charge in [-0.15, -0.1) is 0 Å². The van der Waals surface area contributed by atoms with Gasteiger partial charge < -0.3 is 5.11 Å². The van der Waals surface area contributed by atoms with Crippen LogP contribution in [0.2, 0.25) is 0 Å². The molecule has 0 bridgehead atoms. The molecule has 18 heavy (non-hydrogen) atoms. The molecule has 1 unspecified atom stereocenters. The first-order valence-corrected chi connectivity index (χ1v) is 6.15. The summed E-state index contributed by atoms with van der Waals surface area (Å²) < 4.78 is 26.3. The van der Waals surface area contributed by atoms with Gasteiger partial charge in [-0.25, -0.2) is 13.8 Å². The maximum atomic E-state index is 13.5. The zero-order valence-electron chi connectivity index (χ0n) is 9.60. The Hall–Kier alpha value is -1.46. The highest BCUT2D eigenvalue weighted by Crippen LogP contribution is 2.33. The molecule has 2 nitrogen and oxygen atoms in total. The summed E-state index contributed by atoms with van der Waals surface area (Å²) in [5, 5.41) is 10.1. The molecule has 2 rings (SSSR count). The van der Waals surface area contributed by atoms with E-state index in [1.165, 1.54) is 12.1 Å². The Kier molecular flexibility index (Phi) is 3.93. The van der Waals surface area contributed by atoms with Crippen molar-refractivity contribution in [3.8, 4) is 0 Å². The monoisotopic (exact) mass is 267 g/mol. The quantitative estimate of drug-likeness (QED) is 0.923. The summed E-state index contributed by atoms with van der Waals surface area (Å²) in [6.45, 7) is 1.61. The van der Waals surface area contributed by atoms with Crippen molar-refractivity contribution >= 4 is 11.8 Å². The van der Waals surface area contributed by atoms with Crippen molar-refractivity contribution < 1.29 is 13.9 Å². The summed E-state index contributed by atoms with van der Waals surface area (Å²) in [5.41, 5.74) is 0.617. The maximum Gasteiger partial charge on any atom is 0.140 e. The molecule has 1 heterocycles. The molecule has 1 atom stereocenters. The average molecular weight is 267 g/mol. The molecule has 0 fully saturated rings. The number of aliphatic hydroxyl groups excluding tert-OH is 1. The fraction of sp³-hybridized carbons (Fsp3) is 0.154. The first kappa shape index (κ1) is 13.0. The largest absolute Gasteiger partial charge is 0.389 e. The lowest BCUT2D eigenvalue weighted by Crippen LogP contribution is -1.96. The van der Waals surface area contributed by atoms with Crippen LogP contribution >= 0.6 is 11.8 Å². The molecule has 0 radical (unpaired) electrons. The average Bonchev–Trinajstić information content (AvgIpc) is 2.33. The SMILES string of the molecule is CC(O)c1cccnc1Sc1ccc(F)cc1F. The second-order valence-electron chi connectivity index (χ2n) is 3.75. The minimum atomic E-state index is -0.690. The number of rotatable bonds is 3. The smallest absolute Gasteiger partial charge is 0.140 e. The molecule has 0 saturated heterocycles. The summed E-state index contributed by atoms with van der Waals surface area (Å²) in [4.78, 5) is 4.38. The Morgan fingerprint density at radius 3 is 2.72 bits per heavy atom. The Morgan fingerprint density at radius 2 is 2.06 bits per heavy atom. The number of pyridine rings is 1. The third-order valence-corrected chi connectivity index (χ3v) is 3.44. The van der Waals surface area contributed by atoms with Crippen molar-refractivity contribution in [1.29, 1.82) is 0 Å². The van der Waals surface area contributed by atoms with Crippen LogP contribution in [0.4, 0.5) is 8.78 Å². The molecular weight excluding hydrogens is 256 g/mol. The second-order valence-corrected chi connectivity index (χ2v) is 4.78. The van der Waals surface area contributed by atoms with E-state index < -0.39 is 17.7 Å². The molecule has 0 amide bonds. The van der Waals surface area contributed by atoms with Gasteiger partial charge in [0.1, 0.15) is 16.7 Å². The molecule has 1 aromatic carbocycles. The van der Waals surface area contributed by atoms with E-state index in [9.17, 15) is 13.9 Å². The second kappa shape index (κ2) is 5.46. The Labute approximate surface area is 108 Å². The molecule has 0 aliphatic heterocycles. The van der Waals surface area contributed by atoms with Crippen LogP contribution in [-0.2, 0) is 0 Å². The van der Waals surface area contributed by atoms with E-state index in [1.807, 2.05) is 0 Å². The molecule has 1 aromatic heterocycles. The lowest BCUT2D eigenvalue weighted by molar-refractivity contribution is 0.195. The molecule has 94 valence electrons. The minimum Gasteiger partial charge on any atom is -0.389 e. The van der Waals surface area contributed by atoms with E-state index in [0.717, 1.165) is 17.8 Å². The van der Waals surface area contributed by atoms with Gasteiger partial charge >= 0.3 is 0 Å². The molecule has 0 aliphatic carbocycles. The van der Waals surface area contributed by atoms with E-state index in [0.29, 0.717) is 10.6 Å². The Morgan fingerprint density at radius 1 is 1.28 bits per heavy atom. The number of benzene rings is 1. The highest BCUT2D eigenvalue weighted by molar-refractivity contribution is 7.99. The summed E-state index contributed by atoms with van der Waals surface area (Å²) in [5.74, 6) is -1.25. The number of hydrogen-bond acceptors (Lipinski definition) is 3. The van der Waals surface area contributed by atoms with Crippen LogP contribution in [0.3, 0.4) is 0 Å². The summed E-state index contributed by atoms with van der Waals surface area (Å²) >= 11 is 1.07. The molecule has 0 spiro atoms. The zero-order valence-corrected chi connectivity index (χ0v) is 10.4. The van der Waals surface area contributed by atoms with Crippen molar-refractivity contribution in [2.75, 3.05) is 0 Å². The highest BCUT2D eigenvalue weighted by atomic mass is 32.2. The summed E-state index contributed by atoms with van der Waals surface area (Å²) in [6, 6.07) is 6.80. The van der Waals surface area contributed by atoms with E-state index >= 15 is 0 Å². The van der Waals surface area contributed by atoms with Crippen molar-refractivity contribution in [3.63, 3.8) is 0 Å². The van der Waals surface area contributed by atoms with Crippen molar-refractivity contribution in [3.05, 3.63) is 53.7 Å². The molecule has 1 N–H and O–H groups in total. The molecular formula is C13H11F2NOS. The number of aliphatic hydroxyl groups is 1. The Bertz CT molecular complexity index is 560. The van der Waals surface area contributed by atoms with E-state index in [-0.39, 0.29) is 4.90 Å². The van der Waals surface area contributed by atoms with Crippen LogP contribution in [-0.4, -0.2) is 10.1 Å². The highest BCUT2D eigenvalue weighted by Gasteiger charge is 2.12. The van der Waals surface area contributed by atoms with Gasteiger partial charge in [-0.05, 0) is 25.1 Å². The van der Waals surface area contributed by atoms with E-state index in [4.69, 9.17) is 0 Å². The first-order chi connectivity index (χ1) is 8.58. The molecule has 0 saturated carbocycles. The number of nitrogens with zero attached hydrogens (tertiary/aromatic N) is 1. The standard InChI is InChI=1S/C13H11F2NOS/c1-8(17)10-3-2-6-16-13(10)18-12-5-4-9(14)7-11(12)15/h2-8,17H,1H3. The lowest BCUT2D eigenvalue weighted by atomic mass is 10.2. The maximum absolute atomic E-state index is 13.5. The number of halogens is 2. The van der Waals surface area contributed by atoms with Crippen molar-refractivity contribution in [2.24, 2.45) is 0 Å². The predicted molar refractivity (Wildman–Crippen MR) is 65.4 cm³/mol. The minimum absolute atomic E-state index is 0.275. The third-order valence-electron chi connectivity index (χ3n) is 2.35. The van der Waals surface area contributed by atoms with Gasteiger partial charge in [-0.1, -0.05) is 17.8 Å². The van der Waals surface area contributed by atoms with Crippen LogP contribution in [0.1, 0.15) is 18.6 Å². The normalized spacial score (nSPS) is 12.4. The predicted octanol–water partition coefficient (Wildman–Crippen LogP) is 3.56. The van der Waals surface area contributed by atoms with Crippen LogP contribution in [0.25, 0.3) is 0 Å². The van der Waals surface area contributed by atoms with Crippen molar-refractivity contribution in [2.45, 2.75) is 22.9 Å². The van der Waals surface area contributed by atoms with Crippen LogP contribution < -0.4 is 0 Å². The Balaban J connectivity index is 2.34. The van der Waals surface area contributed by atoms with Gasteiger partial charge in [0.05, 0.1) is 6.10 Å². The van der Waals surface area contributed by atoms with Crippen molar-refractivity contribution in [1.82, 2.24) is 4.98 Å². The third kappa shape index (κ3) is 2.86. The van der Waals surface area contributed by atoms with E-state index in [2.05, 4.69) is 4.98 Å². The summed E-state index contributed by atoms with van der Waals surface area (Å²) in [7, 11) is 0. The fourth-order valence-corrected chi connectivity index (χ4v) is 2.44. The van der Waals surface area contributed by atoms with Crippen LogP contribution in [0.15, 0.2) is 46.5 Å². The molecule has 0 aliphatic rings. The number of hydrogen-bond donors (Lipinski definition) is 1. The first-order valence-electron chi connectivity index (χ1n) is 5.34. The summed E-state index contributed by atoms with van der Waals surface area (Å²) in [6.07, 6.45) is 0.875.